The smallest absolute Gasteiger partial charge is 0.261 e. The topological polar surface area (TPSA) is 76.7 Å². The molecule has 1 atom stereocenters. The van der Waals surface area contributed by atoms with Crippen LogP contribution in [0.3, 0.4) is 0 Å². The van der Waals surface area contributed by atoms with Crippen LogP contribution >= 0.6 is 22.9 Å². The lowest BCUT2D eigenvalue weighted by Crippen LogP contribution is -2.28. The first-order valence-corrected chi connectivity index (χ1v) is 10.4. The van der Waals surface area contributed by atoms with Gasteiger partial charge in [-0.05, 0) is 43.5 Å². The van der Waals surface area contributed by atoms with Gasteiger partial charge in [-0.15, -0.1) is 11.3 Å². The molecule has 28 heavy (non-hydrogen) atoms. The summed E-state index contributed by atoms with van der Waals surface area (Å²) in [4.78, 5) is 25.3. The van der Waals surface area contributed by atoms with E-state index in [9.17, 15) is 9.59 Å². The average Bonchev–Trinajstić information content (AvgIpc) is 3.31. The van der Waals surface area contributed by atoms with Crippen molar-refractivity contribution in [3.8, 4) is 0 Å². The zero-order valence-electron chi connectivity index (χ0n) is 15.6. The Hall–Kier alpha value is -1.93. The summed E-state index contributed by atoms with van der Waals surface area (Å²) < 4.78 is 11.0. The van der Waals surface area contributed by atoms with Crippen LogP contribution in [0, 0.1) is 6.92 Å². The molecule has 3 rings (SSSR count). The Morgan fingerprint density at radius 3 is 2.89 bits per heavy atom. The van der Waals surface area contributed by atoms with Crippen molar-refractivity contribution >= 4 is 39.8 Å². The fourth-order valence-electron chi connectivity index (χ4n) is 2.90. The van der Waals surface area contributed by atoms with Crippen molar-refractivity contribution in [1.82, 2.24) is 5.32 Å². The number of anilines is 1. The van der Waals surface area contributed by atoms with Crippen LogP contribution in [0.4, 0.5) is 5.00 Å². The number of carbonyl (C=O) groups is 2. The fourth-order valence-corrected chi connectivity index (χ4v) is 4.11. The molecule has 1 fully saturated rings. The lowest BCUT2D eigenvalue weighted by molar-refractivity contribution is 0.0183. The van der Waals surface area contributed by atoms with Gasteiger partial charge in [0.15, 0.2) is 0 Å². The molecule has 2 aromatic rings. The molecule has 1 aromatic carbocycles. The minimum absolute atomic E-state index is 0.179. The van der Waals surface area contributed by atoms with E-state index >= 15 is 0 Å². The Labute approximate surface area is 173 Å². The van der Waals surface area contributed by atoms with E-state index in [4.69, 9.17) is 21.1 Å². The quantitative estimate of drug-likeness (QED) is 0.633. The molecule has 2 amide bonds. The number of halogens is 1. The van der Waals surface area contributed by atoms with E-state index in [1.807, 2.05) is 6.92 Å². The van der Waals surface area contributed by atoms with E-state index in [-0.39, 0.29) is 17.9 Å². The maximum atomic E-state index is 12.4. The van der Waals surface area contributed by atoms with Crippen LogP contribution in [0.2, 0.25) is 5.02 Å². The van der Waals surface area contributed by atoms with Gasteiger partial charge in [0.2, 0.25) is 0 Å². The Morgan fingerprint density at radius 1 is 1.32 bits per heavy atom. The molecule has 1 unspecified atom stereocenters. The molecular formula is C20H23ClN2O4S. The van der Waals surface area contributed by atoms with Crippen molar-refractivity contribution in [1.29, 1.82) is 0 Å². The predicted molar refractivity (Wildman–Crippen MR) is 111 cm³/mol. The largest absolute Gasteiger partial charge is 0.377 e. The summed E-state index contributed by atoms with van der Waals surface area (Å²) in [6.45, 7) is 4.06. The van der Waals surface area contributed by atoms with Crippen molar-refractivity contribution in [3.05, 3.63) is 51.4 Å². The summed E-state index contributed by atoms with van der Waals surface area (Å²) in [7, 11) is 0. The third-order valence-electron chi connectivity index (χ3n) is 4.34. The van der Waals surface area contributed by atoms with Crippen molar-refractivity contribution < 1.29 is 19.1 Å². The summed E-state index contributed by atoms with van der Waals surface area (Å²) in [5, 5.41) is 6.63. The van der Waals surface area contributed by atoms with Gasteiger partial charge in [0.25, 0.3) is 11.8 Å². The molecule has 8 heteroatoms. The normalized spacial score (nSPS) is 16.1. The van der Waals surface area contributed by atoms with E-state index in [1.165, 1.54) is 11.3 Å². The SMILES string of the molecule is Cc1cc(NC(=O)c2ccccc2Cl)sc1C(=O)NCCOCC1CCCO1. The maximum Gasteiger partial charge on any atom is 0.261 e. The number of hydrogen-bond donors (Lipinski definition) is 2. The summed E-state index contributed by atoms with van der Waals surface area (Å²) >= 11 is 7.29. The molecule has 150 valence electrons. The van der Waals surface area contributed by atoms with Crippen molar-refractivity contribution in [2.24, 2.45) is 0 Å². The highest BCUT2D eigenvalue weighted by Crippen LogP contribution is 2.27. The van der Waals surface area contributed by atoms with Crippen LogP contribution in [0.15, 0.2) is 30.3 Å². The Kier molecular flexibility index (Phi) is 7.44. The molecule has 2 heterocycles. The van der Waals surface area contributed by atoms with Gasteiger partial charge in [0.1, 0.15) is 0 Å². The van der Waals surface area contributed by atoms with Crippen LogP contribution in [-0.4, -0.2) is 44.3 Å². The number of nitrogens with one attached hydrogen (secondary N) is 2. The Morgan fingerprint density at radius 2 is 2.14 bits per heavy atom. The van der Waals surface area contributed by atoms with Crippen LogP contribution < -0.4 is 10.6 Å². The van der Waals surface area contributed by atoms with Crippen LogP contribution in [-0.2, 0) is 9.47 Å². The molecule has 1 saturated heterocycles. The third kappa shape index (κ3) is 5.54. The molecule has 1 aliphatic rings. The Bertz CT molecular complexity index is 833. The number of rotatable bonds is 8. The number of thiophene rings is 1. The van der Waals surface area contributed by atoms with Gasteiger partial charge < -0.3 is 20.1 Å². The summed E-state index contributed by atoms with van der Waals surface area (Å²) in [6, 6.07) is 8.61. The summed E-state index contributed by atoms with van der Waals surface area (Å²) in [5.74, 6) is -0.484. The first-order chi connectivity index (χ1) is 13.5. The van der Waals surface area contributed by atoms with Gasteiger partial charge in [0, 0.05) is 13.2 Å². The molecule has 1 aliphatic heterocycles. The minimum Gasteiger partial charge on any atom is -0.377 e. The zero-order valence-corrected chi connectivity index (χ0v) is 17.2. The predicted octanol–water partition coefficient (Wildman–Crippen LogP) is 3.89. The molecule has 6 nitrogen and oxygen atoms in total. The highest BCUT2D eigenvalue weighted by Gasteiger charge is 2.17. The van der Waals surface area contributed by atoms with Gasteiger partial charge in [-0.2, -0.15) is 0 Å². The highest BCUT2D eigenvalue weighted by molar-refractivity contribution is 7.18. The molecule has 0 saturated carbocycles. The summed E-state index contributed by atoms with van der Waals surface area (Å²) in [5.41, 5.74) is 1.20. The lowest BCUT2D eigenvalue weighted by atomic mass is 10.2. The second-order valence-corrected chi connectivity index (χ2v) is 7.98. The molecule has 1 aromatic heterocycles. The van der Waals surface area contributed by atoms with E-state index < -0.39 is 0 Å². The maximum absolute atomic E-state index is 12.4. The van der Waals surface area contributed by atoms with E-state index in [0.29, 0.717) is 40.2 Å². The number of carbonyl (C=O) groups excluding carboxylic acids is 2. The van der Waals surface area contributed by atoms with Gasteiger partial charge in [-0.1, -0.05) is 23.7 Å². The van der Waals surface area contributed by atoms with Crippen LogP contribution in [0.25, 0.3) is 0 Å². The van der Waals surface area contributed by atoms with Gasteiger partial charge in [0.05, 0.1) is 39.8 Å². The molecule has 0 aliphatic carbocycles. The average molecular weight is 423 g/mol. The van der Waals surface area contributed by atoms with Crippen LogP contribution in [0.1, 0.15) is 38.4 Å². The Balaban J connectivity index is 1.48. The number of aryl methyl sites for hydroxylation is 1. The monoisotopic (exact) mass is 422 g/mol. The highest BCUT2D eigenvalue weighted by atomic mass is 35.5. The molecule has 0 spiro atoms. The van der Waals surface area contributed by atoms with Gasteiger partial charge in [-0.25, -0.2) is 0 Å². The second-order valence-electron chi connectivity index (χ2n) is 6.52. The van der Waals surface area contributed by atoms with Crippen molar-refractivity contribution in [2.75, 3.05) is 31.7 Å². The molecule has 0 bridgehead atoms. The van der Waals surface area contributed by atoms with Crippen LogP contribution in [0.5, 0.6) is 0 Å². The second kappa shape index (κ2) is 10.0. The van der Waals surface area contributed by atoms with Crippen molar-refractivity contribution in [2.45, 2.75) is 25.9 Å². The third-order valence-corrected chi connectivity index (χ3v) is 5.82. The van der Waals surface area contributed by atoms with E-state index in [2.05, 4.69) is 10.6 Å². The molecular weight excluding hydrogens is 400 g/mol. The lowest BCUT2D eigenvalue weighted by Gasteiger charge is -2.10. The number of benzene rings is 1. The first-order valence-electron chi connectivity index (χ1n) is 9.18. The van der Waals surface area contributed by atoms with Gasteiger partial charge >= 0.3 is 0 Å². The molecule has 2 N–H and O–H groups in total. The van der Waals surface area contributed by atoms with E-state index in [0.717, 1.165) is 25.0 Å². The molecule has 0 radical (unpaired) electrons. The van der Waals surface area contributed by atoms with Crippen molar-refractivity contribution in [3.63, 3.8) is 0 Å². The fraction of sp³-hybridized carbons (Fsp3) is 0.400. The zero-order chi connectivity index (χ0) is 19.9. The first kappa shape index (κ1) is 20.8. The number of ether oxygens (including phenoxy) is 2. The minimum atomic E-state index is -0.304. The van der Waals surface area contributed by atoms with E-state index in [1.54, 1.807) is 30.3 Å². The standard InChI is InChI=1S/C20H23ClN2O4S/c1-13-11-17(23-19(24)15-6-2-3-7-16(15)21)28-18(13)20(25)22-8-10-26-12-14-5-4-9-27-14/h2-3,6-7,11,14H,4-5,8-10,12H2,1H3,(H,22,25)(H,23,24). The van der Waals surface area contributed by atoms with Gasteiger partial charge in [-0.3, -0.25) is 9.59 Å². The summed E-state index contributed by atoms with van der Waals surface area (Å²) in [6.07, 6.45) is 2.29. The number of hydrogen-bond acceptors (Lipinski definition) is 5. The number of amides is 2.